The molecule has 1 heterocycles. The van der Waals surface area contributed by atoms with E-state index in [0.717, 1.165) is 25.1 Å². The van der Waals surface area contributed by atoms with E-state index in [1.165, 1.54) is 11.1 Å². The molecule has 0 fully saturated rings. The van der Waals surface area contributed by atoms with Crippen LogP contribution in [0.3, 0.4) is 0 Å². The molecule has 0 bridgehead atoms. The fraction of sp³-hybridized carbons (Fsp3) is 0.545. The van der Waals surface area contributed by atoms with Gasteiger partial charge in [0.1, 0.15) is 0 Å². The van der Waals surface area contributed by atoms with Gasteiger partial charge in [-0.15, -0.1) is 0 Å². The van der Waals surface area contributed by atoms with Crippen LogP contribution in [0.5, 0.6) is 5.64 Å². The summed E-state index contributed by atoms with van der Waals surface area (Å²) in [7, 11) is 0. The van der Waals surface area contributed by atoms with Gasteiger partial charge in [0.15, 0.2) is 0 Å². The van der Waals surface area contributed by atoms with E-state index in [4.69, 9.17) is 4.74 Å². The van der Waals surface area contributed by atoms with Crippen molar-refractivity contribution >= 4 is 6.91 Å². The summed E-state index contributed by atoms with van der Waals surface area (Å²) in [5.41, 5.74) is 3.84. The molecule has 0 radical (unpaired) electrons. The molecule has 1 nitrogen and oxygen atoms in total. The average molecular weight is 176 g/mol. The molecule has 1 aromatic rings. The molecule has 0 aliphatic heterocycles. The van der Waals surface area contributed by atoms with Crippen LogP contribution in [0.2, 0.25) is 0 Å². The van der Waals surface area contributed by atoms with Crippen LogP contribution in [0.25, 0.3) is 0 Å². The summed E-state index contributed by atoms with van der Waals surface area (Å²) in [5, 5.41) is 0. The molecule has 70 valence electrons. The zero-order chi connectivity index (χ0) is 9.68. The Labute approximate surface area is 81.3 Å². The molecular weight excluding hydrogens is 159 g/mol. The number of hydrogen-bond acceptors (Lipinski definition) is 1. The Hall–Kier alpha value is -0.785. The van der Waals surface area contributed by atoms with Gasteiger partial charge in [-0.25, -0.2) is 0 Å². The third-order valence-electron chi connectivity index (χ3n) is 2.26. The van der Waals surface area contributed by atoms with Gasteiger partial charge >= 0.3 is 80.7 Å². The minimum atomic E-state index is 0.750. The molecule has 0 saturated carbocycles. The van der Waals surface area contributed by atoms with Crippen LogP contribution in [0, 0.1) is 0 Å². The van der Waals surface area contributed by atoms with Gasteiger partial charge in [0.2, 0.25) is 0 Å². The van der Waals surface area contributed by atoms with Crippen LogP contribution in [0.1, 0.15) is 31.9 Å². The van der Waals surface area contributed by atoms with Gasteiger partial charge in [-0.2, -0.15) is 0 Å². The van der Waals surface area contributed by atoms with Crippen LogP contribution in [0.4, 0.5) is 0 Å². The summed E-state index contributed by atoms with van der Waals surface area (Å²) in [4.78, 5) is 0. The minimum absolute atomic E-state index is 0.750. The second-order valence-corrected chi connectivity index (χ2v) is 3.03. The molecule has 1 rings (SSSR count). The van der Waals surface area contributed by atoms with Crippen molar-refractivity contribution in [2.75, 3.05) is 6.61 Å². The third kappa shape index (κ3) is 2.33. The summed E-state index contributed by atoms with van der Waals surface area (Å²) < 4.78 is 5.57. The summed E-state index contributed by atoms with van der Waals surface area (Å²) in [5.74, 6) is 2.07. The van der Waals surface area contributed by atoms with E-state index >= 15 is 0 Å². The third-order valence-corrected chi connectivity index (χ3v) is 2.26. The molecule has 0 unspecified atom stereocenters. The van der Waals surface area contributed by atoms with E-state index in [9.17, 15) is 0 Å². The van der Waals surface area contributed by atoms with Crippen LogP contribution in [-0.4, -0.2) is 13.5 Å². The van der Waals surface area contributed by atoms with E-state index in [0.29, 0.717) is 0 Å². The molecular formula is C11H17BO. The molecule has 0 aliphatic carbocycles. The van der Waals surface area contributed by atoms with Gasteiger partial charge in [0.05, 0.1) is 0 Å². The predicted molar refractivity (Wildman–Crippen MR) is 57.7 cm³/mol. The van der Waals surface area contributed by atoms with E-state index in [-0.39, 0.29) is 0 Å². The summed E-state index contributed by atoms with van der Waals surface area (Å²) in [6.07, 6.45) is 2.14. The van der Waals surface area contributed by atoms with Crippen molar-refractivity contribution in [1.82, 2.24) is 0 Å². The van der Waals surface area contributed by atoms with Gasteiger partial charge in [-0.05, 0) is 0 Å². The molecule has 1 aromatic heterocycles. The van der Waals surface area contributed by atoms with Gasteiger partial charge in [-0.3, -0.25) is 0 Å². The van der Waals surface area contributed by atoms with E-state index in [1.54, 1.807) is 0 Å². The monoisotopic (exact) mass is 176 g/mol. The maximum absolute atomic E-state index is 5.57. The molecule has 0 aromatic carbocycles. The molecule has 0 N–H and O–H groups in total. The summed E-state index contributed by atoms with van der Waals surface area (Å²) in [6.45, 7) is 9.20. The number of hydrogen-bond donors (Lipinski definition) is 0. The first-order valence-electron chi connectivity index (χ1n) is 5.07. The molecule has 0 saturated heterocycles. The second kappa shape index (κ2) is 5.06. The molecule has 0 amide bonds. The Morgan fingerprint density at radius 2 is 2.00 bits per heavy atom. The van der Waals surface area contributed by atoms with Crippen molar-refractivity contribution in [3.05, 3.63) is 23.2 Å². The first-order valence-corrected chi connectivity index (χ1v) is 5.07. The van der Waals surface area contributed by atoms with E-state index in [2.05, 4.69) is 32.8 Å². The molecule has 13 heavy (non-hydrogen) atoms. The van der Waals surface area contributed by atoms with Crippen LogP contribution in [0.15, 0.2) is 12.0 Å². The Morgan fingerprint density at radius 1 is 1.23 bits per heavy atom. The molecule has 0 spiro atoms. The maximum atomic E-state index is 5.57. The van der Waals surface area contributed by atoms with Crippen molar-refractivity contribution in [3.63, 3.8) is 0 Å². The van der Waals surface area contributed by atoms with Crippen molar-refractivity contribution in [2.45, 2.75) is 33.6 Å². The zero-order valence-electron chi connectivity index (χ0n) is 8.76. The average Bonchev–Trinajstić information content (AvgIpc) is 2.18. The predicted octanol–water partition coefficient (Wildman–Crippen LogP) is 2.55. The first kappa shape index (κ1) is 10.3. The second-order valence-electron chi connectivity index (χ2n) is 3.03. The molecule has 0 atom stereocenters. The van der Waals surface area contributed by atoms with E-state index < -0.39 is 0 Å². The topological polar surface area (TPSA) is 9.23 Å². The van der Waals surface area contributed by atoms with Gasteiger partial charge in [0.25, 0.3) is 0 Å². The normalized spacial score (nSPS) is 9.77. The Balaban J connectivity index is 3.03. The van der Waals surface area contributed by atoms with Crippen molar-refractivity contribution in [1.29, 1.82) is 0 Å². The summed E-state index contributed by atoms with van der Waals surface area (Å²) >= 11 is 0. The van der Waals surface area contributed by atoms with Gasteiger partial charge < -0.3 is 0 Å². The van der Waals surface area contributed by atoms with Crippen LogP contribution < -0.4 is 4.74 Å². The molecule has 2 heteroatoms. The summed E-state index contributed by atoms with van der Waals surface area (Å²) in [6, 6.07) is 2.18. The SMILES string of the molecule is CCOc1bccc(CC)c1CC. The van der Waals surface area contributed by atoms with Crippen molar-refractivity contribution in [3.8, 4) is 5.64 Å². The van der Waals surface area contributed by atoms with Crippen molar-refractivity contribution < 1.29 is 4.74 Å². The number of ether oxygens (including phenoxy) is 1. The standard InChI is InChI=1S/C11H17BO/c1-4-9-7-8-12-11(13-6-3)10(9)5-2/h7-8H,4-6H2,1-3H3. The van der Waals surface area contributed by atoms with Crippen LogP contribution in [-0.2, 0) is 12.8 Å². The Kier molecular flexibility index (Phi) is 4.00. The number of aryl methyl sites for hydroxylation is 1. The van der Waals surface area contributed by atoms with E-state index in [1.807, 2.05) is 6.92 Å². The fourth-order valence-corrected chi connectivity index (χ4v) is 1.63. The number of rotatable bonds is 4. The van der Waals surface area contributed by atoms with Gasteiger partial charge in [0, 0.05) is 0 Å². The van der Waals surface area contributed by atoms with Crippen molar-refractivity contribution in [2.24, 2.45) is 0 Å². The molecule has 0 aliphatic rings. The quantitative estimate of drug-likeness (QED) is 0.684. The Bertz CT molecular complexity index is 271. The van der Waals surface area contributed by atoms with Gasteiger partial charge in [-0.1, -0.05) is 0 Å². The fourth-order valence-electron chi connectivity index (χ4n) is 1.63. The Morgan fingerprint density at radius 3 is 2.54 bits per heavy atom. The zero-order valence-corrected chi connectivity index (χ0v) is 8.76. The first-order chi connectivity index (χ1) is 6.33. The van der Waals surface area contributed by atoms with Crippen LogP contribution >= 0.6 is 0 Å².